The number of hydrogen-bond donors (Lipinski definition) is 0. The van der Waals surface area contributed by atoms with E-state index in [2.05, 4.69) is 11.9 Å². The number of carbonyl (C=O) groups is 2. The SMILES string of the molecule is CCCc1nc(C(=O)N2CCCC3(C2)C(=O)N(C)c2ccccc23)cs1. The van der Waals surface area contributed by atoms with E-state index in [9.17, 15) is 9.59 Å². The third-order valence-electron chi connectivity index (χ3n) is 5.51. The summed E-state index contributed by atoms with van der Waals surface area (Å²) in [7, 11) is 1.83. The topological polar surface area (TPSA) is 53.5 Å². The maximum atomic E-state index is 13.1. The Bertz CT molecular complexity index is 862. The summed E-state index contributed by atoms with van der Waals surface area (Å²) >= 11 is 1.55. The van der Waals surface area contributed by atoms with E-state index >= 15 is 0 Å². The van der Waals surface area contributed by atoms with Crippen LogP contribution in [0.4, 0.5) is 5.69 Å². The molecule has 0 radical (unpaired) electrons. The molecule has 5 nitrogen and oxygen atoms in total. The van der Waals surface area contributed by atoms with Gasteiger partial charge in [0.25, 0.3) is 5.91 Å². The van der Waals surface area contributed by atoms with Crippen LogP contribution in [-0.4, -0.2) is 41.8 Å². The molecule has 26 heavy (non-hydrogen) atoms. The van der Waals surface area contributed by atoms with Crippen LogP contribution in [0.3, 0.4) is 0 Å². The highest BCUT2D eigenvalue weighted by molar-refractivity contribution is 7.09. The highest BCUT2D eigenvalue weighted by Crippen LogP contribution is 2.46. The first-order chi connectivity index (χ1) is 12.6. The normalized spacial score (nSPS) is 22.2. The average molecular weight is 369 g/mol. The molecule has 1 aromatic heterocycles. The third-order valence-corrected chi connectivity index (χ3v) is 6.42. The number of likely N-dealkylation sites (tertiary alicyclic amines) is 1. The molecule has 1 aromatic carbocycles. The van der Waals surface area contributed by atoms with Gasteiger partial charge in [0.15, 0.2) is 0 Å². The van der Waals surface area contributed by atoms with E-state index in [1.807, 2.05) is 41.6 Å². The minimum absolute atomic E-state index is 0.0532. The zero-order valence-electron chi connectivity index (χ0n) is 15.2. The number of fused-ring (bicyclic) bond motifs is 2. The van der Waals surface area contributed by atoms with Crippen molar-refractivity contribution in [1.29, 1.82) is 0 Å². The maximum absolute atomic E-state index is 13.1. The molecule has 1 atom stereocenters. The van der Waals surface area contributed by atoms with Gasteiger partial charge in [-0.15, -0.1) is 11.3 Å². The lowest BCUT2D eigenvalue weighted by Crippen LogP contribution is -2.53. The van der Waals surface area contributed by atoms with Gasteiger partial charge < -0.3 is 9.80 Å². The van der Waals surface area contributed by atoms with Crippen LogP contribution < -0.4 is 4.90 Å². The summed E-state index contributed by atoms with van der Waals surface area (Å²) in [4.78, 5) is 34.2. The maximum Gasteiger partial charge on any atom is 0.273 e. The number of likely N-dealkylation sites (N-methyl/N-ethyl adjacent to an activating group) is 1. The molecule has 0 aliphatic carbocycles. The van der Waals surface area contributed by atoms with Crippen molar-refractivity contribution >= 4 is 28.8 Å². The monoisotopic (exact) mass is 369 g/mol. The minimum atomic E-state index is -0.610. The van der Waals surface area contributed by atoms with Gasteiger partial charge in [0.05, 0.1) is 10.4 Å². The number of rotatable bonds is 3. The van der Waals surface area contributed by atoms with Crippen molar-refractivity contribution in [2.75, 3.05) is 25.0 Å². The van der Waals surface area contributed by atoms with E-state index in [-0.39, 0.29) is 11.8 Å². The van der Waals surface area contributed by atoms with Gasteiger partial charge in [-0.25, -0.2) is 4.98 Å². The van der Waals surface area contributed by atoms with Gasteiger partial charge in [0.2, 0.25) is 5.91 Å². The molecular weight excluding hydrogens is 346 g/mol. The van der Waals surface area contributed by atoms with Gasteiger partial charge in [0.1, 0.15) is 5.69 Å². The van der Waals surface area contributed by atoms with E-state index in [1.165, 1.54) is 0 Å². The number of carbonyl (C=O) groups excluding carboxylic acids is 2. The van der Waals surface area contributed by atoms with Crippen LogP contribution in [0, 0.1) is 0 Å². The number of thiazole rings is 1. The molecule has 4 rings (SSSR count). The van der Waals surface area contributed by atoms with Gasteiger partial charge in [-0.1, -0.05) is 25.1 Å². The number of aryl methyl sites for hydroxylation is 1. The molecule has 1 saturated heterocycles. The Morgan fingerprint density at radius 2 is 2.15 bits per heavy atom. The Morgan fingerprint density at radius 3 is 2.96 bits per heavy atom. The minimum Gasteiger partial charge on any atom is -0.336 e. The summed E-state index contributed by atoms with van der Waals surface area (Å²) in [6.07, 6.45) is 3.53. The largest absolute Gasteiger partial charge is 0.336 e. The fourth-order valence-electron chi connectivity index (χ4n) is 4.24. The van der Waals surface area contributed by atoms with Gasteiger partial charge in [0, 0.05) is 31.2 Å². The Kier molecular flexibility index (Phi) is 4.31. The van der Waals surface area contributed by atoms with Crippen molar-refractivity contribution < 1.29 is 9.59 Å². The second-order valence-corrected chi connectivity index (χ2v) is 8.11. The van der Waals surface area contributed by atoms with Crippen LogP contribution in [-0.2, 0) is 16.6 Å². The summed E-state index contributed by atoms with van der Waals surface area (Å²) in [5, 5.41) is 2.86. The number of hydrogen-bond acceptors (Lipinski definition) is 4. The van der Waals surface area contributed by atoms with E-state index in [0.717, 1.165) is 41.9 Å². The summed E-state index contributed by atoms with van der Waals surface area (Å²) in [5.41, 5.74) is 1.92. The van der Waals surface area contributed by atoms with Crippen molar-refractivity contribution in [2.24, 2.45) is 0 Å². The molecule has 136 valence electrons. The highest BCUT2D eigenvalue weighted by atomic mass is 32.1. The summed E-state index contributed by atoms with van der Waals surface area (Å²) < 4.78 is 0. The lowest BCUT2D eigenvalue weighted by Gasteiger charge is -2.39. The van der Waals surface area contributed by atoms with Crippen molar-refractivity contribution in [3.8, 4) is 0 Å². The number of aromatic nitrogens is 1. The molecule has 1 spiro atoms. The average Bonchev–Trinajstić information content (AvgIpc) is 3.21. The molecule has 3 heterocycles. The fraction of sp³-hybridized carbons (Fsp3) is 0.450. The molecular formula is C20H23N3O2S. The second-order valence-electron chi connectivity index (χ2n) is 7.17. The van der Waals surface area contributed by atoms with Crippen LogP contribution in [0.1, 0.15) is 47.2 Å². The quantitative estimate of drug-likeness (QED) is 0.835. The standard InChI is InChI=1S/C20H23N3O2S/c1-3-7-17-21-15(12-26-17)18(24)23-11-6-10-20(13-23)14-8-4-5-9-16(14)22(2)19(20)25/h4-5,8-9,12H,3,6-7,10-11,13H2,1-2H3. The van der Waals surface area contributed by atoms with Gasteiger partial charge in [-0.2, -0.15) is 0 Å². The zero-order chi connectivity index (χ0) is 18.3. The Labute approximate surface area is 157 Å². The Hall–Kier alpha value is -2.21. The number of piperidine rings is 1. The molecule has 2 aliphatic heterocycles. The lowest BCUT2D eigenvalue weighted by molar-refractivity contribution is -0.124. The van der Waals surface area contributed by atoms with Crippen molar-refractivity contribution in [3.63, 3.8) is 0 Å². The van der Waals surface area contributed by atoms with Crippen LogP contribution >= 0.6 is 11.3 Å². The number of benzene rings is 1. The molecule has 6 heteroatoms. The molecule has 0 saturated carbocycles. The van der Waals surface area contributed by atoms with E-state index in [4.69, 9.17) is 0 Å². The smallest absolute Gasteiger partial charge is 0.273 e. The molecule has 0 bridgehead atoms. The van der Waals surface area contributed by atoms with Gasteiger partial charge in [-0.05, 0) is 37.3 Å². The number of nitrogens with zero attached hydrogens (tertiary/aromatic N) is 3. The Morgan fingerprint density at radius 1 is 1.35 bits per heavy atom. The summed E-state index contributed by atoms with van der Waals surface area (Å²) in [5.74, 6) is 0.0451. The van der Waals surface area contributed by atoms with Gasteiger partial charge in [-0.3, -0.25) is 9.59 Å². The number of anilines is 1. The van der Waals surface area contributed by atoms with Crippen LogP contribution in [0.15, 0.2) is 29.6 Å². The number of amides is 2. The van der Waals surface area contributed by atoms with Crippen molar-refractivity contribution in [2.45, 2.75) is 38.0 Å². The van der Waals surface area contributed by atoms with Gasteiger partial charge >= 0.3 is 0 Å². The lowest BCUT2D eigenvalue weighted by atomic mass is 9.75. The molecule has 1 fully saturated rings. The van der Waals surface area contributed by atoms with Crippen molar-refractivity contribution in [3.05, 3.63) is 45.9 Å². The second kappa shape index (κ2) is 6.50. The van der Waals surface area contributed by atoms with Crippen molar-refractivity contribution in [1.82, 2.24) is 9.88 Å². The molecule has 1 unspecified atom stereocenters. The third kappa shape index (κ3) is 2.55. The highest BCUT2D eigenvalue weighted by Gasteiger charge is 2.52. The first-order valence-electron chi connectivity index (χ1n) is 9.18. The number of para-hydroxylation sites is 1. The van der Waals surface area contributed by atoms with E-state index < -0.39 is 5.41 Å². The molecule has 2 aliphatic rings. The van der Waals surface area contributed by atoms with E-state index in [0.29, 0.717) is 18.8 Å². The van der Waals surface area contributed by atoms with Crippen LogP contribution in [0.25, 0.3) is 0 Å². The predicted octanol–water partition coefficient (Wildman–Crippen LogP) is 3.25. The summed E-state index contributed by atoms with van der Waals surface area (Å²) in [6.45, 7) is 3.23. The van der Waals surface area contributed by atoms with Crippen LogP contribution in [0.2, 0.25) is 0 Å². The molecule has 2 aromatic rings. The first kappa shape index (κ1) is 17.2. The van der Waals surface area contributed by atoms with E-state index in [1.54, 1.807) is 16.2 Å². The van der Waals surface area contributed by atoms with Crippen LogP contribution in [0.5, 0.6) is 0 Å². The molecule has 0 N–H and O–H groups in total. The fourth-order valence-corrected chi connectivity index (χ4v) is 5.11. The summed E-state index contributed by atoms with van der Waals surface area (Å²) in [6, 6.07) is 7.95. The zero-order valence-corrected chi connectivity index (χ0v) is 16.0. The predicted molar refractivity (Wildman–Crippen MR) is 103 cm³/mol. The Balaban J connectivity index is 1.63. The first-order valence-corrected chi connectivity index (χ1v) is 10.1. The molecule has 2 amide bonds.